The first-order valence-electron chi connectivity index (χ1n) is 6.04. The Morgan fingerprint density at radius 3 is 2.95 bits per heavy atom. The number of carbonyl (C=O) groups is 1. The number of esters is 1. The molecule has 2 aromatic rings. The van der Waals surface area contributed by atoms with Gasteiger partial charge in [0.05, 0.1) is 6.61 Å². The van der Waals surface area contributed by atoms with Gasteiger partial charge in [0.15, 0.2) is 0 Å². The lowest BCUT2D eigenvalue weighted by molar-refractivity contribution is -0.135. The summed E-state index contributed by atoms with van der Waals surface area (Å²) in [6.45, 7) is 2.14. The summed E-state index contributed by atoms with van der Waals surface area (Å²) in [6, 6.07) is 6.00. The van der Waals surface area contributed by atoms with Crippen molar-refractivity contribution in [3.8, 4) is 0 Å². The summed E-state index contributed by atoms with van der Waals surface area (Å²) in [7, 11) is 1.61. The average Bonchev–Trinajstić information content (AvgIpc) is 2.78. The molecule has 5 heteroatoms. The number of aliphatic imine (C=N–C) groups is 1. The third kappa shape index (κ3) is 3.04. The van der Waals surface area contributed by atoms with E-state index in [1.807, 2.05) is 24.4 Å². The number of nitrogens with zero attached hydrogens (tertiary/aromatic N) is 1. The highest BCUT2D eigenvalue weighted by atomic mass is 79.9. The number of hydrogen-bond donors (Lipinski definition) is 1. The molecule has 0 bridgehead atoms. The number of ether oxygens (including phenoxy) is 1. The number of benzene rings is 1. The molecule has 1 N–H and O–H groups in total. The second kappa shape index (κ2) is 6.02. The second-order valence-electron chi connectivity index (χ2n) is 4.07. The van der Waals surface area contributed by atoms with Crippen molar-refractivity contribution in [1.29, 1.82) is 0 Å². The van der Waals surface area contributed by atoms with E-state index < -0.39 is 0 Å². The minimum Gasteiger partial charge on any atom is -0.462 e. The van der Waals surface area contributed by atoms with Gasteiger partial charge in [0, 0.05) is 35.0 Å². The van der Waals surface area contributed by atoms with Crippen LogP contribution in [0.2, 0.25) is 0 Å². The number of aromatic amines is 1. The number of H-pyrrole nitrogens is 1. The maximum absolute atomic E-state index is 11.7. The second-order valence-corrected chi connectivity index (χ2v) is 4.99. The van der Waals surface area contributed by atoms with Crippen molar-refractivity contribution in [3.63, 3.8) is 0 Å². The highest BCUT2D eigenvalue weighted by Crippen LogP contribution is 2.23. The van der Waals surface area contributed by atoms with Gasteiger partial charge in [-0.2, -0.15) is 0 Å². The number of carbonyl (C=O) groups excluding carboxylic acids is 1. The Morgan fingerprint density at radius 2 is 2.26 bits per heavy atom. The van der Waals surface area contributed by atoms with E-state index in [4.69, 9.17) is 4.74 Å². The first-order chi connectivity index (χ1) is 9.15. The monoisotopic (exact) mass is 322 g/mol. The SMILES string of the molecule is CCOC(=O)C(Cc1c[nH]c2ccc(Br)cc12)=NC. The van der Waals surface area contributed by atoms with E-state index in [9.17, 15) is 4.79 Å². The number of halogens is 1. The van der Waals surface area contributed by atoms with E-state index in [-0.39, 0.29) is 5.97 Å². The van der Waals surface area contributed by atoms with Crippen molar-refractivity contribution in [2.75, 3.05) is 13.7 Å². The Labute approximate surface area is 120 Å². The normalized spacial score (nSPS) is 11.8. The summed E-state index contributed by atoms with van der Waals surface area (Å²) in [6.07, 6.45) is 2.37. The predicted molar refractivity (Wildman–Crippen MR) is 79.7 cm³/mol. The molecule has 0 amide bonds. The summed E-state index contributed by atoms with van der Waals surface area (Å²) < 4.78 is 6.00. The van der Waals surface area contributed by atoms with Crippen LogP contribution in [-0.4, -0.2) is 30.3 Å². The Morgan fingerprint density at radius 1 is 1.47 bits per heavy atom. The van der Waals surface area contributed by atoms with Crippen LogP contribution in [0.25, 0.3) is 10.9 Å². The van der Waals surface area contributed by atoms with Crippen molar-refractivity contribution in [3.05, 3.63) is 34.4 Å². The van der Waals surface area contributed by atoms with Gasteiger partial charge in [-0.25, -0.2) is 4.79 Å². The van der Waals surface area contributed by atoms with E-state index in [0.29, 0.717) is 18.7 Å². The molecule has 4 nitrogen and oxygen atoms in total. The van der Waals surface area contributed by atoms with Gasteiger partial charge in [0.2, 0.25) is 0 Å². The quantitative estimate of drug-likeness (QED) is 0.694. The zero-order chi connectivity index (χ0) is 13.8. The Balaban J connectivity index is 2.30. The van der Waals surface area contributed by atoms with Crippen LogP contribution in [0.15, 0.2) is 33.9 Å². The highest BCUT2D eigenvalue weighted by molar-refractivity contribution is 9.10. The molecule has 1 aromatic carbocycles. The van der Waals surface area contributed by atoms with Crippen molar-refractivity contribution in [1.82, 2.24) is 4.98 Å². The third-order valence-electron chi connectivity index (χ3n) is 2.87. The average molecular weight is 323 g/mol. The lowest BCUT2D eigenvalue weighted by atomic mass is 10.1. The minimum atomic E-state index is -0.352. The maximum atomic E-state index is 11.7. The largest absolute Gasteiger partial charge is 0.462 e. The van der Waals surface area contributed by atoms with Gasteiger partial charge >= 0.3 is 5.97 Å². The van der Waals surface area contributed by atoms with Crippen LogP contribution in [0.1, 0.15) is 12.5 Å². The summed E-state index contributed by atoms with van der Waals surface area (Å²) in [5, 5.41) is 1.08. The molecule has 0 fully saturated rings. The number of nitrogens with one attached hydrogen (secondary N) is 1. The van der Waals surface area contributed by atoms with Crippen molar-refractivity contribution in [2.24, 2.45) is 4.99 Å². The Hall–Kier alpha value is -1.62. The van der Waals surface area contributed by atoms with Crippen LogP contribution in [0, 0.1) is 0 Å². The molecule has 0 aliphatic carbocycles. The summed E-state index contributed by atoms with van der Waals surface area (Å²) in [4.78, 5) is 18.9. The molecule has 100 valence electrons. The van der Waals surface area contributed by atoms with E-state index in [1.165, 1.54) is 0 Å². The molecule has 0 aliphatic heterocycles. The summed E-state index contributed by atoms with van der Waals surface area (Å²) >= 11 is 3.45. The molecule has 0 saturated carbocycles. The fourth-order valence-electron chi connectivity index (χ4n) is 1.93. The van der Waals surface area contributed by atoms with Crippen molar-refractivity contribution < 1.29 is 9.53 Å². The first kappa shape index (κ1) is 13.8. The highest BCUT2D eigenvalue weighted by Gasteiger charge is 2.15. The van der Waals surface area contributed by atoms with Crippen LogP contribution in [0.3, 0.4) is 0 Å². The molecule has 2 rings (SSSR count). The number of aromatic nitrogens is 1. The van der Waals surface area contributed by atoms with E-state index >= 15 is 0 Å². The lowest BCUT2D eigenvalue weighted by Crippen LogP contribution is -2.19. The fraction of sp³-hybridized carbons (Fsp3) is 0.286. The molecule has 0 saturated heterocycles. The third-order valence-corrected chi connectivity index (χ3v) is 3.36. The van der Waals surface area contributed by atoms with Crippen molar-refractivity contribution in [2.45, 2.75) is 13.3 Å². The van der Waals surface area contributed by atoms with Gasteiger partial charge in [0.25, 0.3) is 0 Å². The number of fused-ring (bicyclic) bond motifs is 1. The standard InChI is InChI=1S/C14H15BrN2O2/c1-3-19-14(18)13(16-2)6-9-8-17-12-5-4-10(15)7-11(9)12/h4-5,7-8,17H,3,6H2,1-2H3. The predicted octanol–water partition coefficient (Wildman–Crippen LogP) is 3.11. The van der Waals surface area contributed by atoms with E-state index in [0.717, 1.165) is 20.9 Å². The first-order valence-corrected chi connectivity index (χ1v) is 6.83. The molecule has 0 unspecified atom stereocenters. The maximum Gasteiger partial charge on any atom is 0.352 e. The zero-order valence-corrected chi connectivity index (χ0v) is 12.5. The summed E-state index contributed by atoms with van der Waals surface area (Å²) in [5.41, 5.74) is 2.50. The lowest BCUT2D eigenvalue weighted by Gasteiger charge is -2.04. The van der Waals surface area contributed by atoms with Gasteiger partial charge in [-0.05, 0) is 30.7 Å². The molecule has 19 heavy (non-hydrogen) atoms. The van der Waals surface area contributed by atoms with Gasteiger partial charge in [-0.15, -0.1) is 0 Å². The van der Waals surface area contributed by atoms with Crippen LogP contribution < -0.4 is 0 Å². The smallest absolute Gasteiger partial charge is 0.352 e. The molecule has 1 aromatic heterocycles. The topological polar surface area (TPSA) is 54.5 Å². The van der Waals surface area contributed by atoms with E-state index in [2.05, 4.69) is 25.9 Å². The molecular weight excluding hydrogens is 308 g/mol. The molecule has 0 radical (unpaired) electrons. The minimum absolute atomic E-state index is 0.352. The molecule has 0 spiro atoms. The number of hydrogen-bond acceptors (Lipinski definition) is 3. The molecule has 0 atom stereocenters. The van der Waals surface area contributed by atoms with Crippen molar-refractivity contribution >= 4 is 38.5 Å². The van der Waals surface area contributed by atoms with Gasteiger partial charge < -0.3 is 9.72 Å². The van der Waals surface area contributed by atoms with Crippen LogP contribution in [-0.2, 0) is 16.0 Å². The van der Waals surface area contributed by atoms with Gasteiger partial charge in [-0.1, -0.05) is 15.9 Å². The number of rotatable bonds is 4. The Kier molecular flexibility index (Phi) is 4.37. The molecule has 0 aliphatic rings. The molecule has 1 heterocycles. The van der Waals surface area contributed by atoms with Gasteiger partial charge in [-0.3, -0.25) is 4.99 Å². The van der Waals surface area contributed by atoms with Crippen LogP contribution in [0.4, 0.5) is 0 Å². The van der Waals surface area contributed by atoms with Crippen LogP contribution in [0.5, 0.6) is 0 Å². The van der Waals surface area contributed by atoms with E-state index in [1.54, 1.807) is 14.0 Å². The molecular formula is C14H15BrN2O2. The zero-order valence-electron chi connectivity index (χ0n) is 10.9. The summed E-state index contributed by atoms with van der Waals surface area (Å²) in [5.74, 6) is -0.352. The van der Waals surface area contributed by atoms with Gasteiger partial charge in [0.1, 0.15) is 5.71 Å². The fourth-order valence-corrected chi connectivity index (χ4v) is 2.30. The Bertz CT molecular complexity index is 631. The van der Waals surface area contributed by atoms with Crippen LogP contribution >= 0.6 is 15.9 Å².